The van der Waals surface area contributed by atoms with Crippen LogP contribution in [0.1, 0.15) is 15.9 Å². The molecule has 5 aromatic rings. The average molecular weight is 486 g/mol. The number of benzene rings is 4. The molecule has 2 N–H and O–H groups in total. The third-order valence-corrected chi connectivity index (χ3v) is 5.84. The number of aromatic nitrogens is 2. The van der Waals surface area contributed by atoms with Gasteiger partial charge in [0.1, 0.15) is 0 Å². The van der Waals surface area contributed by atoms with E-state index in [2.05, 4.69) is 29.6 Å². The van der Waals surface area contributed by atoms with Gasteiger partial charge in [0, 0.05) is 29.1 Å². The molecule has 1 aromatic heterocycles. The van der Waals surface area contributed by atoms with Crippen LogP contribution in [0.3, 0.4) is 0 Å². The SMILES string of the molecule is O=C(/C=C\c1cn(-c2ccccc2)nc1-c1ccc(-c2ccccc2)cc1)Nc1ccc(C(=O)O)cc1. The van der Waals surface area contributed by atoms with Gasteiger partial charge in [-0.15, -0.1) is 0 Å². The predicted molar refractivity (Wildman–Crippen MR) is 146 cm³/mol. The van der Waals surface area contributed by atoms with Crippen LogP contribution in [-0.2, 0) is 4.79 Å². The van der Waals surface area contributed by atoms with Gasteiger partial charge in [-0.2, -0.15) is 5.10 Å². The standard InChI is InChI=1S/C31H23N3O3/c35-29(32-27-18-15-25(16-19-27)31(36)37)20-17-26-21-34(28-9-5-2-6-10-28)33-30(26)24-13-11-23(12-14-24)22-7-3-1-4-8-22/h1-21H,(H,32,35)(H,36,37)/b20-17-. The van der Waals surface area contributed by atoms with Crippen molar-refractivity contribution in [1.82, 2.24) is 9.78 Å². The number of nitrogens with one attached hydrogen (secondary N) is 1. The molecule has 0 unspecified atom stereocenters. The molecule has 0 atom stereocenters. The second kappa shape index (κ2) is 10.6. The van der Waals surface area contributed by atoms with Crippen molar-refractivity contribution in [2.75, 3.05) is 5.32 Å². The second-order valence-corrected chi connectivity index (χ2v) is 8.36. The number of carbonyl (C=O) groups excluding carboxylic acids is 1. The van der Waals surface area contributed by atoms with E-state index in [4.69, 9.17) is 10.2 Å². The maximum atomic E-state index is 12.6. The molecule has 0 radical (unpaired) electrons. The van der Waals surface area contributed by atoms with Gasteiger partial charge in [-0.3, -0.25) is 4.79 Å². The van der Waals surface area contributed by atoms with Gasteiger partial charge in [0.05, 0.1) is 16.9 Å². The van der Waals surface area contributed by atoms with E-state index in [1.54, 1.807) is 22.9 Å². The van der Waals surface area contributed by atoms with E-state index >= 15 is 0 Å². The number of carboxylic acid groups (broad SMARTS) is 1. The molecule has 0 aliphatic carbocycles. The molecular weight excluding hydrogens is 462 g/mol. The van der Waals surface area contributed by atoms with Crippen molar-refractivity contribution in [3.05, 3.63) is 133 Å². The minimum atomic E-state index is -1.02. The van der Waals surface area contributed by atoms with Gasteiger partial charge < -0.3 is 10.4 Å². The lowest BCUT2D eigenvalue weighted by atomic mass is 10.0. The van der Waals surface area contributed by atoms with Gasteiger partial charge in [0.2, 0.25) is 5.91 Å². The molecule has 6 heteroatoms. The highest BCUT2D eigenvalue weighted by atomic mass is 16.4. The first kappa shape index (κ1) is 23.5. The molecule has 1 heterocycles. The lowest BCUT2D eigenvalue weighted by Gasteiger charge is -2.04. The smallest absolute Gasteiger partial charge is 0.335 e. The fourth-order valence-electron chi connectivity index (χ4n) is 3.94. The monoisotopic (exact) mass is 485 g/mol. The Morgan fingerprint density at radius 2 is 1.32 bits per heavy atom. The Kier molecular flexibility index (Phi) is 6.72. The molecular formula is C31H23N3O3. The van der Waals surface area contributed by atoms with Crippen molar-refractivity contribution >= 4 is 23.6 Å². The molecule has 6 nitrogen and oxygen atoms in total. The number of carboxylic acids is 1. The molecule has 0 spiro atoms. The van der Waals surface area contributed by atoms with Crippen LogP contribution in [0.5, 0.6) is 0 Å². The fourth-order valence-corrected chi connectivity index (χ4v) is 3.94. The predicted octanol–water partition coefficient (Wildman–Crippen LogP) is 6.56. The topological polar surface area (TPSA) is 84.2 Å². The minimum Gasteiger partial charge on any atom is -0.478 e. The average Bonchev–Trinajstić information content (AvgIpc) is 3.38. The zero-order valence-electron chi connectivity index (χ0n) is 19.8. The number of aromatic carboxylic acids is 1. The second-order valence-electron chi connectivity index (χ2n) is 8.36. The van der Waals surface area contributed by atoms with Crippen LogP contribution in [0.15, 0.2) is 121 Å². The third kappa shape index (κ3) is 5.55. The quantitative estimate of drug-likeness (QED) is 0.256. The van der Waals surface area contributed by atoms with Crippen LogP contribution in [0.4, 0.5) is 5.69 Å². The first-order valence-electron chi connectivity index (χ1n) is 11.7. The van der Waals surface area contributed by atoms with Crippen LogP contribution in [-0.4, -0.2) is 26.8 Å². The normalized spacial score (nSPS) is 10.9. The summed E-state index contributed by atoms with van der Waals surface area (Å²) in [6, 6.07) is 34.1. The Hall–Kier alpha value is -5.23. The van der Waals surface area contributed by atoms with E-state index < -0.39 is 5.97 Å². The summed E-state index contributed by atoms with van der Waals surface area (Å²) in [4.78, 5) is 23.6. The molecule has 0 bridgehead atoms. The zero-order valence-corrected chi connectivity index (χ0v) is 19.8. The number of para-hydroxylation sites is 1. The van der Waals surface area contributed by atoms with Crippen LogP contribution >= 0.6 is 0 Å². The van der Waals surface area contributed by atoms with Gasteiger partial charge >= 0.3 is 5.97 Å². The fraction of sp³-hybridized carbons (Fsp3) is 0. The Morgan fingerprint density at radius 3 is 1.97 bits per heavy atom. The Labute approximate surface area is 214 Å². The highest BCUT2D eigenvalue weighted by molar-refractivity contribution is 6.02. The van der Waals surface area contributed by atoms with E-state index in [0.717, 1.165) is 33.6 Å². The summed E-state index contributed by atoms with van der Waals surface area (Å²) in [5.41, 5.74) is 6.28. The molecule has 4 aromatic carbocycles. The summed E-state index contributed by atoms with van der Waals surface area (Å²) in [6.07, 6.45) is 5.06. The Balaban J connectivity index is 1.42. The summed E-state index contributed by atoms with van der Waals surface area (Å²) < 4.78 is 1.79. The maximum Gasteiger partial charge on any atom is 0.335 e. The number of anilines is 1. The molecule has 0 fully saturated rings. The van der Waals surface area contributed by atoms with Crippen LogP contribution in [0, 0.1) is 0 Å². The molecule has 0 aliphatic rings. The zero-order chi connectivity index (χ0) is 25.6. The first-order valence-corrected chi connectivity index (χ1v) is 11.7. The van der Waals surface area contributed by atoms with Gasteiger partial charge in [-0.25, -0.2) is 9.48 Å². The van der Waals surface area contributed by atoms with E-state index in [1.807, 2.05) is 66.9 Å². The molecule has 37 heavy (non-hydrogen) atoms. The van der Waals surface area contributed by atoms with Crippen molar-refractivity contribution in [2.45, 2.75) is 0 Å². The number of rotatable bonds is 7. The van der Waals surface area contributed by atoms with E-state index in [9.17, 15) is 9.59 Å². The summed E-state index contributed by atoms with van der Waals surface area (Å²) in [6.45, 7) is 0. The number of hydrogen-bond acceptors (Lipinski definition) is 3. The van der Waals surface area contributed by atoms with Crippen molar-refractivity contribution in [3.63, 3.8) is 0 Å². The van der Waals surface area contributed by atoms with E-state index in [-0.39, 0.29) is 11.5 Å². The lowest BCUT2D eigenvalue weighted by Crippen LogP contribution is -2.08. The number of hydrogen-bond donors (Lipinski definition) is 2. The first-order chi connectivity index (χ1) is 18.1. The van der Waals surface area contributed by atoms with Gasteiger partial charge in [0.25, 0.3) is 0 Å². The molecule has 180 valence electrons. The number of amides is 1. The van der Waals surface area contributed by atoms with E-state index in [0.29, 0.717) is 5.69 Å². The van der Waals surface area contributed by atoms with Crippen molar-refractivity contribution in [1.29, 1.82) is 0 Å². The molecule has 0 saturated heterocycles. The highest BCUT2D eigenvalue weighted by Gasteiger charge is 2.12. The molecule has 0 aliphatic heterocycles. The summed E-state index contributed by atoms with van der Waals surface area (Å²) >= 11 is 0. The Bertz CT molecular complexity index is 1550. The summed E-state index contributed by atoms with van der Waals surface area (Å²) in [5, 5.41) is 16.6. The highest BCUT2D eigenvalue weighted by Crippen LogP contribution is 2.28. The van der Waals surface area contributed by atoms with Gasteiger partial charge in [0.15, 0.2) is 0 Å². The van der Waals surface area contributed by atoms with Gasteiger partial charge in [-0.1, -0.05) is 72.8 Å². The number of nitrogens with zero attached hydrogens (tertiary/aromatic N) is 2. The van der Waals surface area contributed by atoms with Gasteiger partial charge in [-0.05, 0) is 53.6 Å². The minimum absolute atomic E-state index is 0.157. The van der Waals surface area contributed by atoms with Crippen LogP contribution in [0.25, 0.3) is 34.1 Å². The Morgan fingerprint density at radius 1 is 0.730 bits per heavy atom. The summed E-state index contributed by atoms with van der Waals surface area (Å²) in [5.74, 6) is -1.35. The van der Waals surface area contributed by atoms with Crippen LogP contribution < -0.4 is 5.32 Å². The third-order valence-electron chi connectivity index (χ3n) is 5.84. The molecule has 0 saturated carbocycles. The lowest BCUT2D eigenvalue weighted by molar-refractivity contribution is -0.111. The molecule has 5 rings (SSSR count). The van der Waals surface area contributed by atoms with Crippen molar-refractivity contribution in [3.8, 4) is 28.1 Å². The van der Waals surface area contributed by atoms with Crippen LogP contribution in [0.2, 0.25) is 0 Å². The maximum absolute atomic E-state index is 12.6. The van der Waals surface area contributed by atoms with Crippen molar-refractivity contribution < 1.29 is 14.7 Å². The van der Waals surface area contributed by atoms with Crippen molar-refractivity contribution in [2.24, 2.45) is 0 Å². The van der Waals surface area contributed by atoms with E-state index in [1.165, 1.54) is 18.2 Å². The largest absolute Gasteiger partial charge is 0.478 e. The summed E-state index contributed by atoms with van der Waals surface area (Å²) in [7, 11) is 0. The number of carbonyl (C=O) groups is 2. The molecule has 1 amide bonds.